The fraction of sp³-hybridized carbons (Fsp3) is 0.143. The number of hydrogen-bond acceptors (Lipinski definition) is 0. The molecule has 0 saturated carbocycles. The summed E-state index contributed by atoms with van der Waals surface area (Å²) in [5.41, 5.74) is 2.50. The summed E-state index contributed by atoms with van der Waals surface area (Å²) < 4.78 is 12.7. The van der Waals surface area contributed by atoms with Crippen molar-refractivity contribution in [1.29, 1.82) is 0 Å². The molecule has 0 spiro atoms. The summed E-state index contributed by atoms with van der Waals surface area (Å²) in [6, 6.07) is 17.1. The van der Waals surface area contributed by atoms with Crippen LogP contribution in [-0.4, -0.2) is 6.71 Å². The minimum Gasteiger partial charge on any atom is -0.207 e. The molecule has 2 heteroatoms. The molecule has 0 radical (unpaired) electrons. The smallest absolute Gasteiger partial charge is 0.177 e. The Morgan fingerprint density at radius 3 is 2.19 bits per heavy atom. The highest BCUT2D eigenvalue weighted by Gasteiger charge is 2.09. The molecular formula is C14H14BF. The van der Waals surface area contributed by atoms with E-state index in [2.05, 4.69) is 31.1 Å². The Bertz CT molecular complexity index is 436. The second-order valence-electron chi connectivity index (χ2n) is 4.14. The van der Waals surface area contributed by atoms with E-state index in [9.17, 15) is 4.39 Å². The minimum absolute atomic E-state index is 0.170. The van der Waals surface area contributed by atoms with Crippen molar-refractivity contribution in [2.45, 2.75) is 13.1 Å². The van der Waals surface area contributed by atoms with Crippen molar-refractivity contribution in [3.8, 4) is 0 Å². The Hall–Kier alpha value is -1.57. The standard InChI is InChI=1S/C14H14BF/c1-15(13-5-3-2-4-6-13)11-12-7-9-14(16)10-8-12/h2-10H,11H2,1H3. The van der Waals surface area contributed by atoms with Crippen molar-refractivity contribution in [2.75, 3.05) is 0 Å². The minimum atomic E-state index is -0.170. The molecule has 16 heavy (non-hydrogen) atoms. The highest BCUT2D eigenvalue weighted by molar-refractivity contribution is 6.71. The Labute approximate surface area is 96.2 Å². The molecule has 0 aliphatic rings. The van der Waals surface area contributed by atoms with Gasteiger partial charge in [-0.3, -0.25) is 0 Å². The molecule has 0 nitrogen and oxygen atoms in total. The van der Waals surface area contributed by atoms with E-state index in [1.165, 1.54) is 23.2 Å². The molecule has 0 unspecified atom stereocenters. The van der Waals surface area contributed by atoms with Crippen molar-refractivity contribution in [3.05, 3.63) is 66.0 Å². The van der Waals surface area contributed by atoms with Gasteiger partial charge >= 0.3 is 0 Å². The van der Waals surface area contributed by atoms with E-state index >= 15 is 0 Å². The molecule has 0 aliphatic heterocycles. The predicted molar refractivity (Wildman–Crippen MR) is 67.8 cm³/mol. The van der Waals surface area contributed by atoms with E-state index in [0.29, 0.717) is 6.71 Å². The summed E-state index contributed by atoms with van der Waals surface area (Å²) >= 11 is 0. The first-order valence-corrected chi connectivity index (χ1v) is 5.55. The third-order valence-corrected chi connectivity index (χ3v) is 2.82. The van der Waals surface area contributed by atoms with Crippen LogP contribution in [0.3, 0.4) is 0 Å². The topological polar surface area (TPSA) is 0 Å². The summed E-state index contributed by atoms with van der Waals surface area (Å²) in [4.78, 5) is 0. The van der Waals surface area contributed by atoms with Crippen molar-refractivity contribution in [2.24, 2.45) is 0 Å². The van der Waals surface area contributed by atoms with Crippen molar-refractivity contribution >= 4 is 12.2 Å². The van der Waals surface area contributed by atoms with Crippen LogP contribution in [0.5, 0.6) is 0 Å². The van der Waals surface area contributed by atoms with Crippen LogP contribution in [-0.2, 0) is 6.32 Å². The Morgan fingerprint density at radius 1 is 0.938 bits per heavy atom. The Kier molecular flexibility index (Phi) is 3.40. The molecular weight excluding hydrogens is 198 g/mol. The van der Waals surface area contributed by atoms with E-state index in [-0.39, 0.29) is 5.82 Å². The summed E-state index contributed by atoms with van der Waals surface area (Å²) in [6.07, 6.45) is 0.949. The number of benzene rings is 2. The van der Waals surface area contributed by atoms with Gasteiger partial charge in [0, 0.05) is 0 Å². The van der Waals surface area contributed by atoms with Crippen LogP contribution < -0.4 is 5.46 Å². The zero-order valence-corrected chi connectivity index (χ0v) is 9.36. The second-order valence-corrected chi connectivity index (χ2v) is 4.14. The average Bonchev–Trinajstić information content (AvgIpc) is 2.33. The van der Waals surface area contributed by atoms with E-state index in [0.717, 1.165) is 6.32 Å². The third kappa shape index (κ3) is 2.72. The van der Waals surface area contributed by atoms with E-state index in [1.54, 1.807) is 0 Å². The molecule has 0 amide bonds. The number of halogens is 1. The molecule has 2 aromatic rings. The molecule has 0 aromatic heterocycles. The fourth-order valence-electron chi connectivity index (χ4n) is 1.87. The maximum Gasteiger partial charge on any atom is 0.177 e. The highest BCUT2D eigenvalue weighted by Crippen LogP contribution is 2.05. The van der Waals surface area contributed by atoms with Crippen molar-refractivity contribution in [3.63, 3.8) is 0 Å². The van der Waals surface area contributed by atoms with Crippen LogP contribution in [0.25, 0.3) is 0 Å². The first-order chi connectivity index (χ1) is 7.75. The van der Waals surface area contributed by atoms with Crippen LogP contribution in [0, 0.1) is 5.82 Å². The Morgan fingerprint density at radius 2 is 1.56 bits per heavy atom. The monoisotopic (exact) mass is 212 g/mol. The molecule has 2 rings (SSSR count). The van der Waals surface area contributed by atoms with Gasteiger partial charge in [0.2, 0.25) is 0 Å². The first kappa shape index (κ1) is 10.9. The lowest BCUT2D eigenvalue weighted by atomic mass is 9.44. The average molecular weight is 212 g/mol. The molecule has 0 fully saturated rings. The maximum absolute atomic E-state index is 12.7. The molecule has 0 heterocycles. The van der Waals surface area contributed by atoms with E-state index < -0.39 is 0 Å². The van der Waals surface area contributed by atoms with Gasteiger partial charge in [-0.05, 0) is 18.5 Å². The zero-order chi connectivity index (χ0) is 11.4. The lowest BCUT2D eigenvalue weighted by Gasteiger charge is -2.08. The van der Waals surface area contributed by atoms with Gasteiger partial charge in [-0.2, -0.15) is 0 Å². The first-order valence-electron chi connectivity index (χ1n) is 5.55. The maximum atomic E-state index is 12.7. The summed E-state index contributed by atoms with van der Waals surface area (Å²) in [5, 5.41) is 0. The van der Waals surface area contributed by atoms with Crippen LogP contribution in [0.15, 0.2) is 54.6 Å². The number of hydrogen-bond donors (Lipinski definition) is 0. The van der Waals surface area contributed by atoms with Gasteiger partial charge in [0.15, 0.2) is 6.71 Å². The normalized spacial score (nSPS) is 10.1. The van der Waals surface area contributed by atoms with Crippen molar-refractivity contribution in [1.82, 2.24) is 0 Å². The largest absolute Gasteiger partial charge is 0.207 e. The van der Waals surface area contributed by atoms with Gasteiger partial charge < -0.3 is 0 Å². The molecule has 0 aliphatic carbocycles. The third-order valence-electron chi connectivity index (χ3n) is 2.82. The van der Waals surface area contributed by atoms with Crippen LogP contribution >= 0.6 is 0 Å². The molecule has 80 valence electrons. The molecule has 0 N–H and O–H groups in total. The predicted octanol–water partition coefficient (Wildman–Crippen LogP) is 2.94. The second kappa shape index (κ2) is 4.97. The van der Waals surface area contributed by atoms with Crippen LogP contribution in [0.2, 0.25) is 6.82 Å². The SMILES string of the molecule is CB(Cc1ccc(F)cc1)c1ccccc1. The molecule has 0 saturated heterocycles. The summed E-state index contributed by atoms with van der Waals surface area (Å²) in [5.74, 6) is -0.170. The fourth-order valence-corrected chi connectivity index (χ4v) is 1.87. The molecule has 2 aromatic carbocycles. The Balaban J connectivity index is 2.08. The van der Waals surface area contributed by atoms with Gasteiger partial charge in [-0.15, -0.1) is 0 Å². The summed E-state index contributed by atoms with van der Waals surface area (Å²) in [6.45, 7) is 2.66. The highest BCUT2D eigenvalue weighted by atomic mass is 19.1. The van der Waals surface area contributed by atoms with Gasteiger partial charge in [0.05, 0.1) is 0 Å². The number of rotatable bonds is 3. The molecule has 0 bridgehead atoms. The lowest BCUT2D eigenvalue weighted by Crippen LogP contribution is -2.28. The van der Waals surface area contributed by atoms with Gasteiger partial charge in [0.25, 0.3) is 0 Å². The van der Waals surface area contributed by atoms with E-state index in [4.69, 9.17) is 0 Å². The van der Waals surface area contributed by atoms with Crippen LogP contribution in [0.1, 0.15) is 5.56 Å². The van der Waals surface area contributed by atoms with Crippen LogP contribution in [0.4, 0.5) is 4.39 Å². The van der Waals surface area contributed by atoms with Gasteiger partial charge in [-0.25, -0.2) is 4.39 Å². The van der Waals surface area contributed by atoms with Gasteiger partial charge in [0.1, 0.15) is 5.82 Å². The molecule has 0 atom stereocenters. The lowest BCUT2D eigenvalue weighted by molar-refractivity contribution is 0.627. The quantitative estimate of drug-likeness (QED) is 0.686. The van der Waals surface area contributed by atoms with Crippen molar-refractivity contribution < 1.29 is 4.39 Å². The van der Waals surface area contributed by atoms with E-state index in [1.807, 2.05) is 18.2 Å². The zero-order valence-electron chi connectivity index (χ0n) is 9.36. The van der Waals surface area contributed by atoms with Gasteiger partial charge in [-0.1, -0.05) is 60.3 Å². The summed E-state index contributed by atoms with van der Waals surface area (Å²) in [7, 11) is 0.